The van der Waals surface area contributed by atoms with Gasteiger partial charge in [-0.2, -0.15) is 0 Å². The third-order valence-electron chi connectivity index (χ3n) is 3.45. The molecular formula is C17H11FN2O2S. The van der Waals surface area contributed by atoms with E-state index < -0.39 is 0 Å². The topological polar surface area (TPSA) is 55.1 Å². The summed E-state index contributed by atoms with van der Waals surface area (Å²) >= 11 is 1.31. The predicted octanol–water partition coefficient (Wildman–Crippen LogP) is 4.48. The van der Waals surface area contributed by atoms with E-state index in [4.69, 9.17) is 4.42 Å². The van der Waals surface area contributed by atoms with Crippen LogP contribution in [0.5, 0.6) is 0 Å². The molecule has 2 heterocycles. The van der Waals surface area contributed by atoms with Gasteiger partial charge >= 0.3 is 0 Å². The number of carbonyl (C=O) groups is 1. The van der Waals surface area contributed by atoms with E-state index in [1.807, 2.05) is 24.3 Å². The first kappa shape index (κ1) is 13.9. The number of nitrogens with one attached hydrogen (secondary N) is 1. The molecule has 0 atom stereocenters. The van der Waals surface area contributed by atoms with Crippen LogP contribution in [-0.2, 0) is 0 Å². The van der Waals surface area contributed by atoms with E-state index in [0.29, 0.717) is 22.0 Å². The van der Waals surface area contributed by atoms with Crippen LogP contribution < -0.4 is 5.32 Å². The molecule has 114 valence electrons. The Balaban J connectivity index is 1.51. The summed E-state index contributed by atoms with van der Waals surface area (Å²) < 4.78 is 19.5. The Bertz CT molecular complexity index is 989. The summed E-state index contributed by atoms with van der Waals surface area (Å²) in [6, 6.07) is 13.6. The van der Waals surface area contributed by atoms with Crippen molar-refractivity contribution in [2.75, 3.05) is 11.9 Å². The molecule has 6 heteroatoms. The maximum absolute atomic E-state index is 13.2. The highest BCUT2D eigenvalue weighted by Gasteiger charge is 2.13. The highest BCUT2D eigenvalue weighted by Crippen LogP contribution is 2.26. The second-order valence-electron chi connectivity index (χ2n) is 5.06. The van der Waals surface area contributed by atoms with Crippen LogP contribution in [0.25, 0.3) is 21.2 Å². The van der Waals surface area contributed by atoms with Crippen molar-refractivity contribution in [1.29, 1.82) is 0 Å². The number of ketones is 1. The maximum Gasteiger partial charge on any atom is 0.217 e. The first-order valence-electron chi connectivity index (χ1n) is 7.01. The van der Waals surface area contributed by atoms with Gasteiger partial charge in [-0.3, -0.25) is 4.79 Å². The number of nitrogens with zero attached hydrogens (tertiary/aromatic N) is 1. The zero-order chi connectivity index (χ0) is 15.8. The van der Waals surface area contributed by atoms with Crippen molar-refractivity contribution in [3.8, 4) is 0 Å². The van der Waals surface area contributed by atoms with Gasteiger partial charge in [-0.25, -0.2) is 9.37 Å². The summed E-state index contributed by atoms with van der Waals surface area (Å²) in [6.45, 7) is 0.0716. The zero-order valence-electron chi connectivity index (χ0n) is 11.9. The molecule has 23 heavy (non-hydrogen) atoms. The summed E-state index contributed by atoms with van der Waals surface area (Å²) in [5.74, 6) is -0.149. The minimum Gasteiger partial charge on any atom is -0.453 e. The Hall–Kier alpha value is -2.73. The second kappa shape index (κ2) is 5.48. The number of fused-ring (bicyclic) bond motifs is 2. The summed E-state index contributed by atoms with van der Waals surface area (Å²) in [5, 5.41) is 4.45. The number of thiazole rings is 1. The Morgan fingerprint density at radius 3 is 2.96 bits per heavy atom. The highest BCUT2D eigenvalue weighted by atomic mass is 32.1. The van der Waals surface area contributed by atoms with Gasteiger partial charge < -0.3 is 9.73 Å². The summed E-state index contributed by atoms with van der Waals surface area (Å²) in [5.41, 5.74) is 1.39. The van der Waals surface area contributed by atoms with Crippen LogP contribution in [0, 0.1) is 5.82 Å². The van der Waals surface area contributed by atoms with Crippen molar-refractivity contribution in [3.63, 3.8) is 0 Å². The van der Waals surface area contributed by atoms with Crippen molar-refractivity contribution in [2.24, 2.45) is 0 Å². The number of rotatable bonds is 4. The molecule has 0 aliphatic rings. The number of hydrogen-bond donors (Lipinski definition) is 1. The van der Waals surface area contributed by atoms with Crippen molar-refractivity contribution >= 4 is 43.4 Å². The van der Waals surface area contributed by atoms with Gasteiger partial charge in [0.05, 0.1) is 16.8 Å². The van der Waals surface area contributed by atoms with Crippen LogP contribution in [0.4, 0.5) is 9.52 Å². The number of anilines is 1. The normalized spacial score (nSPS) is 11.2. The standard InChI is InChI=1S/C17H11FN2O2S/c18-11-5-6-12-16(8-11)23-17(20-12)19-9-13(21)15-7-10-3-1-2-4-14(10)22-15/h1-8H,9H2,(H,19,20). The lowest BCUT2D eigenvalue weighted by molar-refractivity contribution is 0.0982. The monoisotopic (exact) mass is 326 g/mol. The molecule has 1 N–H and O–H groups in total. The molecule has 2 aromatic carbocycles. The molecule has 4 rings (SSSR count). The average molecular weight is 326 g/mol. The SMILES string of the molecule is O=C(CNc1nc2ccc(F)cc2s1)c1cc2ccccc2o1. The Kier molecular flexibility index (Phi) is 3.31. The van der Waals surface area contributed by atoms with Crippen LogP contribution in [0.3, 0.4) is 0 Å². The zero-order valence-corrected chi connectivity index (χ0v) is 12.7. The number of furan rings is 1. The number of hydrogen-bond acceptors (Lipinski definition) is 5. The Morgan fingerprint density at radius 1 is 1.22 bits per heavy atom. The fraction of sp³-hybridized carbons (Fsp3) is 0.0588. The molecule has 0 saturated heterocycles. The van der Waals surface area contributed by atoms with Gasteiger partial charge in [0.2, 0.25) is 5.78 Å². The van der Waals surface area contributed by atoms with Crippen LogP contribution in [0.2, 0.25) is 0 Å². The number of halogens is 1. The minimum atomic E-state index is -0.300. The molecule has 0 fully saturated rings. The van der Waals surface area contributed by atoms with Crippen LogP contribution >= 0.6 is 11.3 Å². The van der Waals surface area contributed by atoms with E-state index in [0.717, 1.165) is 10.1 Å². The lowest BCUT2D eigenvalue weighted by atomic mass is 10.2. The van der Waals surface area contributed by atoms with Crippen molar-refractivity contribution < 1.29 is 13.6 Å². The summed E-state index contributed by atoms with van der Waals surface area (Å²) in [4.78, 5) is 16.5. The van der Waals surface area contributed by atoms with E-state index in [-0.39, 0.29) is 18.1 Å². The lowest BCUT2D eigenvalue weighted by Gasteiger charge is -1.98. The van der Waals surface area contributed by atoms with Crippen LogP contribution in [0.15, 0.2) is 52.9 Å². The smallest absolute Gasteiger partial charge is 0.217 e. The van der Waals surface area contributed by atoms with Crippen molar-refractivity contribution in [1.82, 2.24) is 4.98 Å². The van der Waals surface area contributed by atoms with Gasteiger partial charge in [-0.15, -0.1) is 0 Å². The third kappa shape index (κ3) is 2.68. The number of Topliss-reactive ketones (excluding diaryl/α,β-unsaturated/α-hetero) is 1. The molecule has 0 aliphatic carbocycles. The molecular weight excluding hydrogens is 315 g/mol. The first-order chi connectivity index (χ1) is 11.2. The van der Waals surface area contributed by atoms with Gasteiger partial charge in [0, 0.05) is 5.39 Å². The summed E-state index contributed by atoms with van der Waals surface area (Å²) in [6.07, 6.45) is 0. The first-order valence-corrected chi connectivity index (χ1v) is 7.82. The molecule has 0 amide bonds. The van der Waals surface area contributed by atoms with E-state index in [2.05, 4.69) is 10.3 Å². The molecule has 4 aromatic rings. The van der Waals surface area contributed by atoms with Crippen molar-refractivity contribution in [3.05, 3.63) is 60.1 Å². The second-order valence-corrected chi connectivity index (χ2v) is 6.09. The number of aromatic nitrogens is 1. The predicted molar refractivity (Wildman–Crippen MR) is 88.6 cm³/mol. The van der Waals surface area contributed by atoms with Gasteiger partial charge in [0.25, 0.3) is 0 Å². The van der Waals surface area contributed by atoms with Gasteiger partial charge in [0.1, 0.15) is 11.4 Å². The maximum atomic E-state index is 13.2. The minimum absolute atomic E-state index is 0.0716. The molecule has 0 spiro atoms. The van der Waals surface area contributed by atoms with Crippen molar-refractivity contribution in [2.45, 2.75) is 0 Å². The number of benzene rings is 2. The van der Waals surface area contributed by atoms with E-state index >= 15 is 0 Å². The third-order valence-corrected chi connectivity index (χ3v) is 4.43. The molecule has 0 radical (unpaired) electrons. The highest BCUT2D eigenvalue weighted by molar-refractivity contribution is 7.22. The van der Waals surface area contributed by atoms with E-state index in [1.165, 1.54) is 23.5 Å². The Labute approximate surface area is 134 Å². The average Bonchev–Trinajstić information content (AvgIpc) is 3.15. The van der Waals surface area contributed by atoms with E-state index in [1.54, 1.807) is 12.1 Å². The van der Waals surface area contributed by atoms with Crippen LogP contribution in [-0.4, -0.2) is 17.3 Å². The van der Waals surface area contributed by atoms with Gasteiger partial charge in [-0.05, 0) is 30.3 Å². The quantitative estimate of drug-likeness (QED) is 0.562. The molecule has 0 bridgehead atoms. The summed E-state index contributed by atoms with van der Waals surface area (Å²) in [7, 11) is 0. The van der Waals surface area contributed by atoms with E-state index in [9.17, 15) is 9.18 Å². The van der Waals surface area contributed by atoms with Gasteiger partial charge in [0.15, 0.2) is 10.9 Å². The fourth-order valence-corrected chi connectivity index (χ4v) is 3.22. The lowest BCUT2D eigenvalue weighted by Crippen LogP contribution is -2.12. The fourth-order valence-electron chi connectivity index (χ4n) is 2.34. The number of carbonyl (C=O) groups excluding carboxylic acids is 1. The number of para-hydroxylation sites is 1. The van der Waals surface area contributed by atoms with Gasteiger partial charge in [-0.1, -0.05) is 29.5 Å². The molecule has 4 nitrogen and oxygen atoms in total. The largest absolute Gasteiger partial charge is 0.453 e. The molecule has 0 unspecified atom stereocenters. The molecule has 0 saturated carbocycles. The molecule has 2 aromatic heterocycles. The van der Waals surface area contributed by atoms with Crippen LogP contribution in [0.1, 0.15) is 10.6 Å². The molecule has 0 aliphatic heterocycles. The Morgan fingerprint density at radius 2 is 2.09 bits per heavy atom.